The number of hydrogen-bond donors (Lipinski definition) is 2. The third-order valence-corrected chi connectivity index (χ3v) is 5.40. The molecule has 32 heavy (non-hydrogen) atoms. The summed E-state index contributed by atoms with van der Waals surface area (Å²) >= 11 is 6.10. The quantitative estimate of drug-likeness (QED) is 0.614. The van der Waals surface area contributed by atoms with Crippen molar-refractivity contribution in [1.29, 1.82) is 5.26 Å². The molecule has 1 aliphatic rings. The van der Waals surface area contributed by atoms with Gasteiger partial charge in [-0.3, -0.25) is 4.98 Å². The highest BCUT2D eigenvalue weighted by molar-refractivity contribution is 6.32. The Hall–Kier alpha value is -3.61. The van der Waals surface area contributed by atoms with Crippen LogP contribution in [0.15, 0.2) is 36.7 Å². The molecule has 3 heterocycles. The molecule has 0 unspecified atom stereocenters. The van der Waals surface area contributed by atoms with E-state index < -0.39 is 6.03 Å². The smallest absolute Gasteiger partial charge is 0.323 e. The molecule has 10 heteroatoms. The number of amides is 2. The van der Waals surface area contributed by atoms with Gasteiger partial charge in [0.25, 0.3) is 0 Å². The summed E-state index contributed by atoms with van der Waals surface area (Å²) in [6.45, 7) is 3.82. The zero-order valence-corrected chi connectivity index (χ0v) is 18.3. The van der Waals surface area contributed by atoms with Gasteiger partial charge >= 0.3 is 6.03 Å². The summed E-state index contributed by atoms with van der Waals surface area (Å²) in [6, 6.07) is 8.63. The normalized spacial score (nSPS) is 15.8. The number of pyridine rings is 2. The Bertz CT molecular complexity index is 1210. The first-order chi connectivity index (χ1) is 15.5. The fourth-order valence-electron chi connectivity index (χ4n) is 3.64. The number of carbonyl (C=O) groups is 1. The number of hydrogen-bond acceptors (Lipinski definition) is 7. The van der Waals surface area contributed by atoms with Gasteiger partial charge in [-0.05, 0) is 31.2 Å². The highest BCUT2D eigenvalue weighted by atomic mass is 35.5. The molecule has 0 aliphatic carbocycles. The number of aromatic nitrogens is 2. The molecular weight excluding hydrogens is 432 g/mol. The monoisotopic (exact) mass is 452 g/mol. The van der Waals surface area contributed by atoms with Gasteiger partial charge in [0.2, 0.25) is 5.88 Å². The van der Waals surface area contributed by atoms with Gasteiger partial charge < -0.3 is 25.0 Å². The van der Waals surface area contributed by atoms with Crippen LogP contribution >= 0.6 is 11.6 Å². The number of nitriles is 1. The van der Waals surface area contributed by atoms with Gasteiger partial charge in [-0.15, -0.1) is 0 Å². The Morgan fingerprint density at radius 3 is 2.88 bits per heavy atom. The molecule has 0 saturated carbocycles. The number of ether oxygens (including phenoxy) is 2. The second kappa shape index (κ2) is 9.26. The van der Waals surface area contributed by atoms with Gasteiger partial charge in [0.1, 0.15) is 5.02 Å². The van der Waals surface area contributed by atoms with E-state index in [0.717, 1.165) is 16.6 Å². The summed E-state index contributed by atoms with van der Waals surface area (Å²) in [4.78, 5) is 23.5. The molecule has 1 aliphatic heterocycles. The first-order valence-corrected chi connectivity index (χ1v) is 10.3. The first-order valence-electron chi connectivity index (χ1n) is 9.95. The molecule has 2 N–H and O–H groups in total. The molecule has 1 saturated heterocycles. The number of halogens is 1. The molecule has 0 radical (unpaired) electrons. The number of fused-ring (bicyclic) bond motifs is 1. The van der Waals surface area contributed by atoms with Crippen molar-refractivity contribution < 1.29 is 14.3 Å². The first kappa shape index (κ1) is 21.6. The average molecular weight is 453 g/mol. The summed E-state index contributed by atoms with van der Waals surface area (Å²) in [5, 5.41) is 16.0. The van der Waals surface area contributed by atoms with Crippen LogP contribution in [0.3, 0.4) is 0 Å². The van der Waals surface area contributed by atoms with Crippen molar-refractivity contribution >= 4 is 45.6 Å². The van der Waals surface area contributed by atoms with E-state index >= 15 is 0 Å². The van der Waals surface area contributed by atoms with Crippen LogP contribution in [0.25, 0.3) is 10.9 Å². The Balaban J connectivity index is 1.69. The van der Waals surface area contributed by atoms with Crippen molar-refractivity contribution in [1.82, 2.24) is 9.97 Å². The lowest BCUT2D eigenvalue weighted by Gasteiger charge is -2.37. The Kier molecular flexibility index (Phi) is 6.25. The van der Waals surface area contributed by atoms with Crippen molar-refractivity contribution in [3.63, 3.8) is 0 Å². The van der Waals surface area contributed by atoms with Crippen molar-refractivity contribution in [2.75, 3.05) is 42.4 Å². The number of rotatable bonds is 4. The molecule has 0 bridgehead atoms. The van der Waals surface area contributed by atoms with Gasteiger partial charge in [-0.25, -0.2) is 9.78 Å². The molecule has 4 rings (SSSR count). The lowest BCUT2D eigenvalue weighted by Crippen LogP contribution is -2.44. The number of methoxy groups -OCH3 is 1. The maximum absolute atomic E-state index is 12.8. The van der Waals surface area contributed by atoms with Gasteiger partial charge in [0.15, 0.2) is 0 Å². The van der Waals surface area contributed by atoms with Crippen LogP contribution in [0, 0.1) is 11.3 Å². The van der Waals surface area contributed by atoms with E-state index in [9.17, 15) is 10.1 Å². The largest absolute Gasteiger partial charge is 0.480 e. The highest BCUT2D eigenvalue weighted by Crippen LogP contribution is 2.36. The Labute approximate surface area is 189 Å². The van der Waals surface area contributed by atoms with E-state index in [-0.39, 0.29) is 16.9 Å². The topological polar surface area (TPSA) is 112 Å². The molecule has 2 amide bonds. The zero-order chi connectivity index (χ0) is 22.7. The molecule has 2 aromatic heterocycles. The number of carbonyl (C=O) groups excluding carboxylic acids is 1. The average Bonchev–Trinajstić information content (AvgIpc) is 2.79. The molecule has 3 aromatic rings. The summed E-state index contributed by atoms with van der Waals surface area (Å²) in [6.07, 6.45) is 3.07. The predicted molar refractivity (Wildman–Crippen MR) is 123 cm³/mol. The van der Waals surface area contributed by atoms with Crippen molar-refractivity contribution in [2.45, 2.75) is 13.0 Å². The molecule has 9 nitrogen and oxygen atoms in total. The van der Waals surface area contributed by atoms with E-state index in [4.69, 9.17) is 21.1 Å². The Morgan fingerprint density at radius 2 is 2.16 bits per heavy atom. The van der Waals surface area contributed by atoms with Crippen LogP contribution in [0.2, 0.25) is 5.02 Å². The SMILES string of the molecule is COc1ncc(NC(=O)Nc2cnc3ccc(C#N)cc3c2N2CCOC[C@@H]2C)cc1Cl. The fraction of sp³-hybridized carbons (Fsp3) is 0.273. The molecule has 1 aromatic carbocycles. The van der Waals surface area contributed by atoms with Crippen molar-refractivity contribution in [2.24, 2.45) is 0 Å². The Morgan fingerprint density at radius 1 is 1.31 bits per heavy atom. The van der Waals surface area contributed by atoms with E-state index in [0.29, 0.717) is 36.7 Å². The molecule has 164 valence electrons. The minimum atomic E-state index is -0.479. The number of morpholine rings is 1. The van der Waals surface area contributed by atoms with Gasteiger partial charge in [-0.2, -0.15) is 5.26 Å². The number of benzene rings is 1. The lowest BCUT2D eigenvalue weighted by atomic mass is 10.1. The molecule has 1 atom stereocenters. The van der Waals surface area contributed by atoms with Crippen LogP contribution in [0.5, 0.6) is 5.88 Å². The van der Waals surface area contributed by atoms with Crippen LogP contribution in [-0.4, -0.2) is 48.9 Å². The number of nitrogens with zero attached hydrogens (tertiary/aromatic N) is 4. The zero-order valence-electron chi connectivity index (χ0n) is 17.6. The van der Waals surface area contributed by atoms with Gasteiger partial charge in [0, 0.05) is 18.0 Å². The van der Waals surface area contributed by atoms with Crippen LogP contribution in [-0.2, 0) is 4.74 Å². The number of nitrogens with one attached hydrogen (secondary N) is 2. The van der Waals surface area contributed by atoms with E-state index in [1.54, 1.807) is 30.5 Å². The van der Waals surface area contributed by atoms with Crippen LogP contribution in [0.4, 0.5) is 21.9 Å². The molecular formula is C22H21ClN6O3. The summed E-state index contributed by atoms with van der Waals surface area (Å²) in [5.41, 5.74) is 2.97. The summed E-state index contributed by atoms with van der Waals surface area (Å²) < 4.78 is 10.6. The number of urea groups is 1. The van der Waals surface area contributed by atoms with E-state index in [2.05, 4.69) is 38.5 Å². The van der Waals surface area contributed by atoms with Crippen LogP contribution < -0.4 is 20.3 Å². The predicted octanol–water partition coefficient (Wildman–Crippen LogP) is 4.03. The third-order valence-electron chi connectivity index (χ3n) is 5.13. The molecule has 0 spiro atoms. The van der Waals surface area contributed by atoms with Crippen LogP contribution in [0.1, 0.15) is 12.5 Å². The molecule has 1 fully saturated rings. The van der Waals surface area contributed by atoms with Gasteiger partial charge in [0.05, 0.1) is 66.9 Å². The van der Waals surface area contributed by atoms with Crippen molar-refractivity contribution in [3.05, 3.63) is 47.2 Å². The number of anilines is 3. The minimum Gasteiger partial charge on any atom is -0.480 e. The standard InChI is InChI=1S/C22H21ClN6O3/c1-13-12-32-6-5-29(13)20-16-7-14(9-24)3-4-18(16)25-11-19(20)28-22(30)27-15-8-17(23)21(31-2)26-10-15/h3-4,7-8,10-11,13H,5-6,12H2,1-2H3,(H2,27,28,30)/t13-/m0/s1. The summed E-state index contributed by atoms with van der Waals surface area (Å²) in [5.74, 6) is 0.272. The lowest BCUT2D eigenvalue weighted by molar-refractivity contribution is 0.0991. The fourth-order valence-corrected chi connectivity index (χ4v) is 3.88. The maximum Gasteiger partial charge on any atom is 0.323 e. The second-order valence-electron chi connectivity index (χ2n) is 7.28. The minimum absolute atomic E-state index is 0.0771. The highest BCUT2D eigenvalue weighted by Gasteiger charge is 2.25. The maximum atomic E-state index is 12.8. The third kappa shape index (κ3) is 4.37. The van der Waals surface area contributed by atoms with Crippen molar-refractivity contribution in [3.8, 4) is 11.9 Å². The second-order valence-corrected chi connectivity index (χ2v) is 7.68. The van der Waals surface area contributed by atoms with E-state index in [1.807, 2.05) is 0 Å². The summed E-state index contributed by atoms with van der Waals surface area (Å²) in [7, 11) is 1.46. The van der Waals surface area contributed by atoms with Gasteiger partial charge in [-0.1, -0.05) is 11.6 Å². The van der Waals surface area contributed by atoms with E-state index in [1.165, 1.54) is 13.3 Å².